The van der Waals surface area contributed by atoms with Gasteiger partial charge in [0.05, 0.1) is 0 Å². The highest BCUT2D eigenvalue weighted by molar-refractivity contribution is 7.15. The quantitative estimate of drug-likeness (QED) is 0.896. The minimum absolute atomic E-state index is 0.572. The number of hydrogen-bond acceptors (Lipinski definition) is 2. The van der Waals surface area contributed by atoms with Crippen LogP contribution in [0.2, 0.25) is 0 Å². The maximum Gasteiger partial charge on any atom is 0.314 e. The normalized spacial score (nSPS) is 16.7. The molecule has 0 aliphatic heterocycles. The summed E-state index contributed by atoms with van der Waals surface area (Å²) in [5, 5.41) is 9.24. The summed E-state index contributed by atoms with van der Waals surface area (Å²) in [5.74, 6) is -0.682. The Bertz CT molecular complexity index is 553. The number of rotatable bonds is 3. The predicted molar refractivity (Wildman–Crippen MR) is 68.3 cm³/mol. The fourth-order valence-corrected chi connectivity index (χ4v) is 3.29. The molecule has 1 heterocycles. The lowest BCUT2D eigenvalue weighted by molar-refractivity contribution is -0.139. The minimum atomic E-state index is -0.682. The molecule has 17 heavy (non-hydrogen) atoms. The largest absolute Gasteiger partial charge is 0.481 e. The van der Waals surface area contributed by atoms with Crippen molar-refractivity contribution in [3.8, 4) is 10.4 Å². The standard InChI is InChI=1S/C14H12O2S/c15-13(16)14(8-9-14)12-7-6-11(17-12)10-4-2-1-3-5-10/h1-7H,8-9H2,(H,15,16). The fraction of sp³-hybridized carbons (Fsp3) is 0.214. The van der Waals surface area contributed by atoms with Crippen molar-refractivity contribution in [3.05, 3.63) is 47.3 Å². The Kier molecular flexibility index (Phi) is 2.30. The van der Waals surface area contributed by atoms with Crippen LogP contribution in [0.25, 0.3) is 10.4 Å². The zero-order valence-corrected chi connectivity index (χ0v) is 10.0. The van der Waals surface area contributed by atoms with E-state index < -0.39 is 11.4 Å². The van der Waals surface area contributed by atoms with Gasteiger partial charge in [-0.25, -0.2) is 0 Å². The maximum atomic E-state index is 11.2. The molecule has 1 aliphatic rings. The summed E-state index contributed by atoms with van der Waals surface area (Å²) < 4.78 is 0. The van der Waals surface area contributed by atoms with Crippen LogP contribution in [0.15, 0.2) is 42.5 Å². The SMILES string of the molecule is O=C(O)C1(c2ccc(-c3ccccc3)s2)CC1. The van der Waals surface area contributed by atoms with Gasteiger partial charge in [-0.15, -0.1) is 11.3 Å². The lowest BCUT2D eigenvalue weighted by Crippen LogP contribution is -2.17. The topological polar surface area (TPSA) is 37.3 Å². The Morgan fingerprint density at radius 2 is 1.82 bits per heavy atom. The van der Waals surface area contributed by atoms with E-state index >= 15 is 0 Å². The van der Waals surface area contributed by atoms with Crippen LogP contribution >= 0.6 is 11.3 Å². The highest BCUT2D eigenvalue weighted by Crippen LogP contribution is 2.51. The van der Waals surface area contributed by atoms with Gasteiger partial charge in [0.25, 0.3) is 0 Å². The Hall–Kier alpha value is -1.61. The number of thiophene rings is 1. The zero-order chi connectivity index (χ0) is 11.9. The van der Waals surface area contributed by atoms with Crippen LogP contribution in [0.4, 0.5) is 0 Å². The van der Waals surface area contributed by atoms with Crippen LogP contribution in [-0.4, -0.2) is 11.1 Å². The summed E-state index contributed by atoms with van der Waals surface area (Å²) >= 11 is 1.60. The molecule has 3 rings (SSSR count). The van der Waals surface area contributed by atoms with Crippen molar-refractivity contribution in [2.45, 2.75) is 18.3 Å². The molecule has 0 atom stereocenters. The molecule has 1 N–H and O–H groups in total. The Morgan fingerprint density at radius 3 is 2.41 bits per heavy atom. The molecule has 0 unspecified atom stereocenters. The van der Waals surface area contributed by atoms with E-state index in [1.165, 1.54) is 0 Å². The molecule has 1 aliphatic carbocycles. The van der Waals surface area contributed by atoms with Crippen LogP contribution in [0, 0.1) is 0 Å². The molecule has 0 amide bonds. The average molecular weight is 244 g/mol. The monoisotopic (exact) mass is 244 g/mol. The zero-order valence-electron chi connectivity index (χ0n) is 9.22. The van der Waals surface area contributed by atoms with Crippen molar-refractivity contribution in [1.29, 1.82) is 0 Å². The second-order valence-corrected chi connectivity index (χ2v) is 5.50. The second-order valence-electron chi connectivity index (χ2n) is 4.42. The van der Waals surface area contributed by atoms with Crippen LogP contribution in [-0.2, 0) is 10.2 Å². The summed E-state index contributed by atoms with van der Waals surface area (Å²) in [6, 6.07) is 14.1. The molecule has 0 saturated heterocycles. The molecular weight excluding hydrogens is 232 g/mol. The summed E-state index contributed by atoms with van der Waals surface area (Å²) in [6.07, 6.45) is 1.55. The number of carbonyl (C=O) groups is 1. The molecule has 2 nitrogen and oxygen atoms in total. The van der Waals surface area contributed by atoms with E-state index in [0.717, 1.165) is 28.2 Å². The van der Waals surface area contributed by atoms with E-state index in [1.54, 1.807) is 11.3 Å². The van der Waals surface area contributed by atoms with Crippen molar-refractivity contribution in [3.63, 3.8) is 0 Å². The van der Waals surface area contributed by atoms with E-state index in [4.69, 9.17) is 0 Å². The van der Waals surface area contributed by atoms with Crippen molar-refractivity contribution < 1.29 is 9.90 Å². The van der Waals surface area contributed by atoms with E-state index in [-0.39, 0.29) is 0 Å². The maximum absolute atomic E-state index is 11.2. The molecular formula is C14H12O2S. The molecule has 0 bridgehead atoms. The Balaban J connectivity index is 1.97. The summed E-state index contributed by atoms with van der Waals surface area (Å²) in [5.41, 5.74) is 0.586. The van der Waals surface area contributed by atoms with Crippen molar-refractivity contribution >= 4 is 17.3 Å². The van der Waals surface area contributed by atoms with Gasteiger partial charge in [0.15, 0.2) is 0 Å². The Morgan fingerprint density at radius 1 is 1.12 bits per heavy atom. The van der Waals surface area contributed by atoms with E-state index in [2.05, 4.69) is 12.1 Å². The van der Waals surface area contributed by atoms with Gasteiger partial charge in [0.2, 0.25) is 0 Å². The smallest absolute Gasteiger partial charge is 0.314 e. The van der Waals surface area contributed by atoms with E-state index in [0.29, 0.717) is 0 Å². The number of benzene rings is 1. The van der Waals surface area contributed by atoms with Gasteiger partial charge in [0, 0.05) is 9.75 Å². The van der Waals surface area contributed by atoms with Gasteiger partial charge in [-0.3, -0.25) is 4.79 Å². The third-order valence-corrected chi connectivity index (χ3v) is 4.63. The highest BCUT2D eigenvalue weighted by Gasteiger charge is 2.52. The Labute approximate surface area is 104 Å². The highest BCUT2D eigenvalue weighted by atomic mass is 32.1. The molecule has 2 aromatic rings. The minimum Gasteiger partial charge on any atom is -0.481 e. The third kappa shape index (κ3) is 1.67. The molecule has 1 saturated carbocycles. The van der Waals surface area contributed by atoms with Gasteiger partial charge < -0.3 is 5.11 Å². The first-order valence-electron chi connectivity index (χ1n) is 5.61. The van der Waals surface area contributed by atoms with Gasteiger partial charge in [-0.1, -0.05) is 30.3 Å². The third-order valence-electron chi connectivity index (χ3n) is 3.30. The van der Waals surface area contributed by atoms with E-state index in [9.17, 15) is 9.90 Å². The first-order chi connectivity index (χ1) is 8.22. The average Bonchev–Trinajstić information content (AvgIpc) is 3.02. The predicted octanol–water partition coefficient (Wildman–Crippen LogP) is 3.53. The first-order valence-corrected chi connectivity index (χ1v) is 6.43. The molecule has 0 radical (unpaired) electrons. The number of carboxylic acid groups (broad SMARTS) is 1. The van der Waals surface area contributed by atoms with Crippen LogP contribution in [0.3, 0.4) is 0 Å². The van der Waals surface area contributed by atoms with Gasteiger partial charge in [-0.05, 0) is 30.5 Å². The van der Waals surface area contributed by atoms with Crippen molar-refractivity contribution in [2.24, 2.45) is 0 Å². The number of carboxylic acids is 1. The van der Waals surface area contributed by atoms with E-state index in [1.807, 2.05) is 30.3 Å². The first kappa shape index (κ1) is 10.5. The van der Waals surface area contributed by atoms with Crippen LogP contribution < -0.4 is 0 Å². The fourth-order valence-electron chi connectivity index (χ4n) is 2.04. The lowest BCUT2D eigenvalue weighted by atomic mass is 10.1. The molecule has 0 spiro atoms. The van der Waals surface area contributed by atoms with Gasteiger partial charge >= 0.3 is 5.97 Å². The molecule has 86 valence electrons. The van der Waals surface area contributed by atoms with Gasteiger partial charge in [0.1, 0.15) is 5.41 Å². The van der Waals surface area contributed by atoms with Crippen LogP contribution in [0.1, 0.15) is 17.7 Å². The second kappa shape index (κ2) is 3.70. The summed E-state index contributed by atoms with van der Waals surface area (Å²) in [4.78, 5) is 13.4. The lowest BCUT2D eigenvalue weighted by Gasteiger charge is -2.05. The summed E-state index contributed by atoms with van der Waals surface area (Å²) in [6.45, 7) is 0. The van der Waals surface area contributed by atoms with Crippen molar-refractivity contribution in [1.82, 2.24) is 0 Å². The molecule has 1 fully saturated rings. The van der Waals surface area contributed by atoms with Gasteiger partial charge in [-0.2, -0.15) is 0 Å². The molecule has 1 aromatic heterocycles. The van der Waals surface area contributed by atoms with Crippen LogP contribution in [0.5, 0.6) is 0 Å². The summed E-state index contributed by atoms with van der Waals surface area (Å²) in [7, 11) is 0. The molecule has 1 aromatic carbocycles. The van der Waals surface area contributed by atoms with Crippen molar-refractivity contribution in [2.75, 3.05) is 0 Å². The number of aliphatic carboxylic acids is 1. The molecule has 3 heteroatoms. The number of hydrogen-bond donors (Lipinski definition) is 1.